The third kappa shape index (κ3) is 10.4. The van der Waals surface area contributed by atoms with Crippen molar-refractivity contribution in [1.29, 1.82) is 0 Å². The van der Waals surface area contributed by atoms with Gasteiger partial charge >= 0.3 is 6.09 Å². The van der Waals surface area contributed by atoms with E-state index in [0.717, 1.165) is 28.1 Å². The molecule has 0 aromatic carbocycles. The molecule has 1 heterocycles. The second-order valence-corrected chi connectivity index (χ2v) is 9.10. The number of hydrogen-bond acceptors (Lipinski definition) is 5. The van der Waals surface area contributed by atoms with Gasteiger partial charge in [-0.15, -0.1) is 35.3 Å². The van der Waals surface area contributed by atoms with Gasteiger partial charge in [-0.1, -0.05) is 13.8 Å². The molecule has 1 aromatic heterocycles. The van der Waals surface area contributed by atoms with Crippen LogP contribution in [0.5, 0.6) is 0 Å². The fourth-order valence-corrected chi connectivity index (χ4v) is 3.19. The van der Waals surface area contributed by atoms with Gasteiger partial charge in [0.1, 0.15) is 5.60 Å². The number of hydrogen-bond donors (Lipinski definition) is 3. The van der Waals surface area contributed by atoms with E-state index >= 15 is 0 Å². The molecule has 1 atom stereocenters. The fourth-order valence-electron chi connectivity index (χ4n) is 2.33. The number of aryl methyl sites for hydroxylation is 2. The van der Waals surface area contributed by atoms with Gasteiger partial charge in [0.15, 0.2) is 5.96 Å². The van der Waals surface area contributed by atoms with Gasteiger partial charge in [0, 0.05) is 18.0 Å². The minimum absolute atomic E-state index is 0. The number of aromatic nitrogens is 1. The summed E-state index contributed by atoms with van der Waals surface area (Å²) in [7, 11) is 0. The van der Waals surface area contributed by atoms with Crippen LogP contribution in [0.15, 0.2) is 4.99 Å². The predicted octanol–water partition coefficient (Wildman–Crippen LogP) is 3.98. The number of amides is 1. The van der Waals surface area contributed by atoms with Crippen LogP contribution in [0.25, 0.3) is 0 Å². The molecule has 1 unspecified atom stereocenters. The molecule has 0 aliphatic rings. The molecule has 0 spiro atoms. The maximum Gasteiger partial charge on any atom is 0.407 e. The van der Waals surface area contributed by atoms with Crippen molar-refractivity contribution in [1.82, 2.24) is 20.9 Å². The Hall–Kier alpha value is -1.10. The minimum Gasteiger partial charge on any atom is -0.444 e. The summed E-state index contributed by atoms with van der Waals surface area (Å²) in [6.07, 6.45) is -0.402. The van der Waals surface area contributed by atoms with Crippen LogP contribution in [0.4, 0.5) is 4.79 Å². The van der Waals surface area contributed by atoms with E-state index in [1.165, 1.54) is 0 Å². The maximum atomic E-state index is 12.1. The van der Waals surface area contributed by atoms with E-state index in [2.05, 4.69) is 39.8 Å². The third-order valence-corrected chi connectivity index (χ3v) is 4.78. The number of aliphatic imine (C=N–C) groups is 1. The van der Waals surface area contributed by atoms with E-state index in [4.69, 9.17) is 4.74 Å². The summed E-state index contributed by atoms with van der Waals surface area (Å²) in [4.78, 5) is 22.3. The van der Waals surface area contributed by atoms with E-state index in [0.29, 0.717) is 13.1 Å². The molecule has 7 nitrogen and oxygen atoms in total. The summed E-state index contributed by atoms with van der Waals surface area (Å²) >= 11 is 1.67. The van der Waals surface area contributed by atoms with Crippen LogP contribution in [0, 0.1) is 19.8 Å². The molecule has 0 saturated carbocycles. The lowest BCUT2D eigenvalue weighted by Crippen LogP contribution is -2.50. The number of ether oxygens (including phenoxy) is 1. The highest BCUT2D eigenvalue weighted by molar-refractivity contribution is 14.0. The van der Waals surface area contributed by atoms with Gasteiger partial charge in [0.25, 0.3) is 0 Å². The molecule has 0 aliphatic heterocycles. The van der Waals surface area contributed by atoms with E-state index in [1.54, 1.807) is 11.3 Å². The van der Waals surface area contributed by atoms with Crippen molar-refractivity contribution in [2.45, 2.75) is 73.6 Å². The Kier molecular flexibility index (Phi) is 12.0. The van der Waals surface area contributed by atoms with Crippen LogP contribution in [-0.2, 0) is 11.3 Å². The van der Waals surface area contributed by atoms with Crippen LogP contribution < -0.4 is 16.0 Å². The van der Waals surface area contributed by atoms with Gasteiger partial charge in [-0.25, -0.2) is 14.8 Å². The van der Waals surface area contributed by atoms with Crippen molar-refractivity contribution in [2.24, 2.45) is 10.9 Å². The van der Waals surface area contributed by atoms with Crippen molar-refractivity contribution in [3.8, 4) is 0 Å². The highest BCUT2D eigenvalue weighted by Crippen LogP contribution is 2.17. The molecule has 1 amide bonds. The van der Waals surface area contributed by atoms with Gasteiger partial charge < -0.3 is 20.7 Å². The summed E-state index contributed by atoms with van der Waals surface area (Å²) in [5, 5.41) is 10.6. The van der Waals surface area contributed by atoms with Gasteiger partial charge in [0.2, 0.25) is 0 Å². The Morgan fingerprint density at radius 1 is 1.25 bits per heavy atom. The molecule has 9 heteroatoms. The lowest BCUT2D eigenvalue weighted by atomic mass is 10.0. The maximum absolute atomic E-state index is 12.1. The SMILES string of the molecule is CCNC(=NCc1sc(C)nc1C)NCC(NC(=O)OC(C)(C)C)C(C)C.I. The standard InChI is InChI=1S/C19H35N5O2S.HI/c1-9-20-17(22-11-16-13(4)23-14(5)27-16)21-10-15(12(2)3)24-18(25)26-19(6,7)8;/h12,15H,9-11H2,1-8H3,(H,24,25)(H2,20,21,22);1H. The average Bonchev–Trinajstić information content (AvgIpc) is 2.84. The summed E-state index contributed by atoms with van der Waals surface area (Å²) in [5.41, 5.74) is 0.518. The first-order valence-electron chi connectivity index (χ1n) is 9.46. The van der Waals surface area contributed by atoms with Crippen LogP contribution in [0.2, 0.25) is 0 Å². The Labute approximate surface area is 190 Å². The van der Waals surface area contributed by atoms with Crippen molar-refractivity contribution in [3.05, 3.63) is 15.6 Å². The molecule has 0 aliphatic carbocycles. The lowest BCUT2D eigenvalue weighted by Gasteiger charge is -2.26. The number of nitrogens with zero attached hydrogens (tertiary/aromatic N) is 2. The smallest absolute Gasteiger partial charge is 0.407 e. The molecule has 0 bridgehead atoms. The molecular formula is C19H36IN5O2S. The molecule has 0 fully saturated rings. The molecule has 162 valence electrons. The van der Waals surface area contributed by atoms with Gasteiger partial charge in [-0.3, -0.25) is 0 Å². The molecule has 1 aromatic rings. The van der Waals surface area contributed by atoms with E-state index in [1.807, 2.05) is 41.5 Å². The summed E-state index contributed by atoms with van der Waals surface area (Å²) in [6, 6.07) is -0.0731. The number of nitrogens with one attached hydrogen (secondary N) is 3. The van der Waals surface area contributed by atoms with Crippen molar-refractivity contribution < 1.29 is 9.53 Å². The highest BCUT2D eigenvalue weighted by Gasteiger charge is 2.21. The first kappa shape index (κ1) is 26.9. The van der Waals surface area contributed by atoms with Crippen molar-refractivity contribution >= 4 is 47.4 Å². The zero-order valence-electron chi connectivity index (χ0n) is 18.3. The number of thiazole rings is 1. The normalized spacial score (nSPS) is 13.0. The van der Waals surface area contributed by atoms with Crippen LogP contribution >= 0.6 is 35.3 Å². The summed E-state index contributed by atoms with van der Waals surface area (Å²) in [6.45, 7) is 17.6. The summed E-state index contributed by atoms with van der Waals surface area (Å²) < 4.78 is 5.36. The molecule has 0 saturated heterocycles. The predicted molar refractivity (Wildman–Crippen MR) is 128 cm³/mol. The van der Waals surface area contributed by atoms with Crippen molar-refractivity contribution in [3.63, 3.8) is 0 Å². The Morgan fingerprint density at radius 2 is 1.89 bits per heavy atom. The number of rotatable bonds is 7. The van der Waals surface area contributed by atoms with Gasteiger partial charge in [0.05, 0.1) is 23.3 Å². The number of carbonyl (C=O) groups excluding carboxylic acids is 1. The van der Waals surface area contributed by atoms with Crippen LogP contribution in [-0.4, -0.2) is 41.8 Å². The second kappa shape index (κ2) is 12.5. The Balaban J connectivity index is 0.00000729. The molecule has 28 heavy (non-hydrogen) atoms. The zero-order chi connectivity index (χ0) is 20.6. The monoisotopic (exact) mass is 525 g/mol. The zero-order valence-corrected chi connectivity index (χ0v) is 21.5. The average molecular weight is 526 g/mol. The van der Waals surface area contributed by atoms with Crippen LogP contribution in [0.3, 0.4) is 0 Å². The number of halogens is 1. The second-order valence-electron chi connectivity index (χ2n) is 7.81. The third-order valence-electron chi connectivity index (χ3n) is 3.72. The molecule has 3 N–H and O–H groups in total. The van der Waals surface area contributed by atoms with E-state index < -0.39 is 11.7 Å². The first-order chi connectivity index (χ1) is 12.5. The van der Waals surface area contributed by atoms with Gasteiger partial charge in [-0.05, 0) is 47.5 Å². The Bertz CT molecular complexity index is 641. The number of guanidine groups is 1. The Morgan fingerprint density at radius 3 is 2.36 bits per heavy atom. The highest BCUT2D eigenvalue weighted by atomic mass is 127. The largest absolute Gasteiger partial charge is 0.444 e. The van der Waals surface area contributed by atoms with Gasteiger partial charge in [-0.2, -0.15) is 0 Å². The molecule has 0 radical (unpaired) electrons. The fraction of sp³-hybridized carbons (Fsp3) is 0.737. The van der Waals surface area contributed by atoms with Crippen molar-refractivity contribution in [2.75, 3.05) is 13.1 Å². The van der Waals surface area contributed by atoms with E-state index in [-0.39, 0.29) is 35.9 Å². The quantitative estimate of drug-likeness (QED) is 0.285. The summed E-state index contributed by atoms with van der Waals surface area (Å²) in [5.74, 6) is 0.971. The number of alkyl carbamates (subject to hydrolysis) is 1. The molecule has 1 rings (SSSR count). The molecular weight excluding hydrogens is 489 g/mol. The van der Waals surface area contributed by atoms with Crippen LogP contribution in [0.1, 0.15) is 57.1 Å². The minimum atomic E-state index is -0.514. The first-order valence-corrected chi connectivity index (χ1v) is 10.3. The van der Waals surface area contributed by atoms with E-state index in [9.17, 15) is 4.79 Å². The number of carbonyl (C=O) groups is 1. The topological polar surface area (TPSA) is 87.6 Å². The lowest BCUT2D eigenvalue weighted by molar-refractivity contribution is 0.0491.